The molecule has 0 saturated heterocycles. The van der Waals surface area contributed by atoms with Gasteiger partial charge < -0.3 is 4.74 Å². The van der Waals surface area contributed by atoms with Gasteiger partial charge in [-0.3, -0.25) is 10.1 Å². The summed E-state index contributed by atoms with van der Waals surface area (Å²) in [6.07, 6.45) is 4.69. The lowest BCUT2D eigenvalue weighted by Gasteiger charge is -2.06. The first-order valence-corrected chi connectivity index (χ1v) is 6.78. The summed E-state index contributed by atoms with van der Waals surface area (Å²) in [5.41, 5.74) is -1.38. The Morgan fingerprint density at radius 3 is 2.43 bits per heavy atom. The van der Waals surface area contributed by atoms with Crippen LogP contribution in [-0.2, 0) is 4.74 Å². The minimum atomic E-state index is -1.38. The second kappa shape index (κ2) is 8.28. The summed E-state index contributed by atoms with van der Waals surface area (Å²) in [5.74, 6) is -3.72. The number of nitro benzene ring substituents is 1. The van der Waals surface area contributed by atoms with Crippen LogP contribution < -0.4 is 0 Å². The highest BCUT2D eigenvalue weighted by molar-refractivity contribution is 5.93. The predicted octanol–water partition coefficient (Wildman–Crippen LogP) is 4.00. The number of hydrogen-bond donors (Lipinski definition) is 0. The number of carbonyl (C=O) groups is 1. The normalized spacial score (nSPS) is 10.4. The standard InChI is InChI=1S/C14H17F2NO4/c1-2-3-4-5-6-7-21-14(18)10-8-11(15)12(16)9-13(10)17(19)20/h8-9H,2-7H2,1H3. The fourth-order valence-electron chi connectivity index (χ4n) is 1.80. The summed E-state index contributed by atoms with van der Waals surface area (Å²) in [5, 5.41) is 10.7. The van der Waals surface area contributed by atoms with Crippen molar-refractivity contribution in [2.24, 2.45) is 0 Å². The monoisotopic (exact) mass is 301 g/mol. The molecule has 0 aromatic heterocycles. The molecular formula is C14H17F2NO4. The quantitative estimate of drug-likeness (QED) is 0.315. The van der Waals surface area contributed by atoms with Gasteiger partial charge in [0.25, 0.3) is 5.69 Å². The van der Waals surface area contributed by atoms with E-state index in [1.54, 1.807) is 0 Å². The SMILES string of the molecule is CCCCCCCOC(=O)c1cc(F)c(F)cc1[N+](=O)[O-]. The fraction of sp³-hybridized carbons (Fsp3) is 0.500. The zero-order valence-corrected chi connectivity index (χ0v) is 11.7. The molecule has 0 aliphatic heterocycles. The van der Waals surface area contributed by atoms with Crippen molar-refractivity contribution in [3.05, 3.63) is 39.4 Å². The summed E-state index contributed by atoms with van der Waals surface area (Å²) < 4.78 is 30.9. The maximum Gasteiger partial charge on any atom is 0.345 e. The van der Waals surface area contributed by atoms with Crippen molar-refractivity contribution < 1.29 is 23.2 Å². The van der Waals surface area contributed by atoms with Gasteiger partial charge in [0.05, 0.1) is 17.6 Å². The molecule has 0 unspecified atom stereocenters. The molecule has 0 aliphatic carbocycles. The van der Waals surface area contributed by atoms with Crippen molar-refractivity contribution in [2.75, 3.05) is 6.61 Å². The van der Waals surface area contributed by atoms with Gasteiger partial charge >= 0.3 is 5.97 Å². The van der Waals surface area contributed by atoms with Crippen molar-refractivity contribution in [1.29, 1.82) is 0 Å². The number of halogens is 2. The molecule has 0 N–H and O–H groups in total. The lowest BCUT2D eigenvalue weighted by molar-refractivity contribution is -0.385. The summed E-state index contributed by atoms with van der Waals surface area (Å²) in [6, 6.07) is 0.875. The Morgan fingerprint density at radius 2 is 1.81 bits per heavy atom. The molecule has 0 fully saturated rings. The van der Waals surface area contributed by atoms with E-state index in [0.29, 0.717) is 18.6 Å². The van der Waals surface area contributed by atoms with Crippen LogP contribution in [-0.4, -0.2) is 17.5 Å². The molecule has 0 heterocycles. The van der Waals surface area contributed by atoms with E-state index in [9.17, 15) is 23.7 Å². The lowest BCUT2D eigenvalue weighted by atomic mass is 10.1. The third-order valence-corrected chi connectivity index (χ3v) is 2.94. The first-order valence-electron chi connectivity index (χ1n) is 6.78. The van der Waals surface area contributed by atoms with Gasteiger partial charge in [-0.15, -0.1) is 0 Å². The lowest BCUT2D eigenvalue weighted by Crippen LogP contribution is -2.10. The van der Waals surface area contributed by atoms with E-state index in [0.717, 1.165) is 25.7 Å². The van der Waals surface area contributed by atoms with Crippen molar-refractivity contribution in [2.45, 2.75) is 39.0 Å². The molecule has 0 bridgehead atoms. The number of esters is 1. The van der Waals surface area contributed by atoms with Gasteiger partial charge in [0.15, 0.2) is 11.6 Å². The molecule has 7 heteroatoms. The van der Waals surface area contributed by atoms with Gasteiger partial charge in [0.2, 0.25) is 0 Å². The van der Waals surface area contributed by atoms with Crippen molar-refractivity contribution in [1.82, 2.24) is 0 Å². The minimum absolute atomic E-state index is 0.0959. The average Bonchev–Trinajstić information content (AvgIpc) is 2.44. The first kappa shape index (κ1) is 17.0. The Bertz CT molecular complexity index is 520. The van der Waals surface area contributed by atoms with Crippen LogP contribution >= 0.6 is 0 Å². The maximum atomic E-state index is 13.1. The van der Waals surface area contributed by atoms with E-state index >= 15 is 0 Å². The predicted molar refractivity (Wildman–Crippen MR) is 72.1 cm³/mol. The summed E-state index contributed by atoms with van der Waals surface area (Å²) in [4.78, 5) is 21.5. The van der Waals surface area contributed by atoms with Crippen LogP contribution in [0.3, 0.4) is 0 Å². The van der Waals surface area contributed by atoms with Crippen LogP contribution in [0.15, 0.2) is 12.1 Å². The van der Waals surface area contributed by atoms with Crippen molar-refractivity contribution in [3.8, 4) is 0 Å². The van der Waals surface area contributed by atoms with Gasteiger partial charge in [0.1, 0.15) is 5.56 Å². The largest absolute Gasteiger partial charge is 0.462 e. The van der Waals surface area contributed by atoms with Crippen LogP contribution in [0.5, 0.6) is 0 Å². The highest BCUT2D eigenvalue weighted by Gasteiger charge is 2.24. The molecule has 0 aliphatic rings. The first-order chi connectivity index (χ1) is 9.97. The highest BCUT2D eigenvalue weighted by Crippen LogP contribution is 2.23. The molecule has 0 amide bonds. The molecule has 116 valence electrons. The van der Waals surface area contributed by atoms with Crippen LogP contribution in [0.25, 0.3) is 0 Å². The smallest absolute Gasteiger partial charge is 0.345 e. The number of carbonyl (C=O) groups excluding carboxylic acids is 1. The topological polar surface area (TPSA) is 69.4 Å². The molecule has 1 rings (SSSR count). The number of benzene rings is 1. The number of unbranched alkanes of at least 4 members (excludes halogenated alkanes) is 4. The molecule has 0 atom stereocenters. The number of rotatable bonds is 8. The Labute approximate surface area is 121 Å². The maximum absolute atomic E-state index is 13.1. The average molecular weight is 301 g/mol. The van der Waals surface area contributed by atoms with Gasteiger partial charge in [-0.05, 0) is 12.5 Å². The minimum Gasteiger partial charge on any atom is -0.462 e. The van der Waals surface area contributed by atoms with Crippen molar-refractivity contribution >= 4 is 11.7 Å². The van der Waals surface area contributed by atoms with Crippen molar-refractivity contribution in [3.63, 3.8) is 0 Å². The fourth-order valence-corrected chi connectivity index (χ4v) is 1.80. The van der Waals surface area contributed by atoms with Crippen LogP contribution in [0, 0.1) is 21.7 Å². The number of hydrogen-bond acceptors (Lipinski definition) is 4. The molecule has 0 saturated carbocycles. The molecule has 1 aromatic rings. The van der Waals surface area contributed by atoms with E-state index in [2.05, 4.69) is 6.92 Å². The van der Waals surface area contributed by atoms with Gasteiger partial charge in [-0.25, -0.2) is 13.6 Å². The number of nitrogens with zero attached hydrogens (tertiary/aromatic N) is 1. The van der Waals surface area contributed by atoms with Crippen LogP contribution in [0.1, 0.15) is 49.4 Å². The zero-order valence-electron chi connectivity index (χ0n) is 11.7. The number of ether oxygens (including phenoxy) is 1. The van der Waals surface area contributed by atoms with E-state index in [4.69, 9.17) is 4.74 Å². The molecule has 0 radical (unpaired) electrons. The second-order valence-electron chi connectivity index (χ2n) is 4.59. The molecule has 5 nitrogen and oxygen atoms in total. The molecule has 0 spiro atoms. The van der Waals surface area contributed by atoms with Gasteiger partial charge in [-0.2, -0.15) is 0 Å². The molecule has 1 aromatic carbocycles. The zero-order chi connectivity index (χ0) is 15.8. The Balaban J connectivity index is 2.65. The Kier molecular flexibility index (Phi) is 6.71. The van der Waals surface area contributed by atoms with E-state index in [-0.39, 0.29) is 6.61 Å². The van der Waals surface area contributed by atoms with Crippen LogP contribution in [0.4, 0.5) is 14.5 Å². The summed E-state index contributed by atoms with van der Waals surface area (Å²) in [6.45, 7) is 2.17. The highest BCUT2D eigenvalue weighted by atomic mass is 19.2. The summed E-state index contributed by atoms with van der Waals surface area (Å²) in [7, 11) is 0. The van der Waals surface area contributed by atoms with E-state index in [1.165, 1.54) is 0 Å². The van der Waals surface area contributed by atoms with Gasteiger partial charge in [0, 0.05) is 0 Å². The summed E-state index contributed by atoms with van der Waals surface area (Å²) >= 11 is 0. The second-order valence-corrected chi connectivity index (χ2v) is 4.59. The van der Waals surface area contributed by atoms with Gasteiger partial charge in [-0.1, -0.05) is 32.6 Å². The molecular weight excluding hydrogens is 284 g/mol. The Hall–Kier alpha value is -2.05. The van der Waals surface area contributed by atoms with E-state index in [1.807, 2.05) is 0 Å². The Morgan fingerprint density at radius 1 is 1.19 bits per heavy atom. The molecule has 21 heavy (non-hydrogen) atoms. The van der Waals surface area contributed by atoms with E-state index < -0.39 is 33.8 Å². The third-order valence-electron chi connectivity index (χ3n) is 2.94. The third kappa shape index (κ3) is 5.09. The van der Waals surface area contributed by atoms with Crippen LogP contribution in [0.2, 0.25) is 0 Å². The number of nitro groups is 1.